The lowest BCUT2D eigenvalue weighted by Crippen LogP contribution is -2.27. The van der Waals surface area contributed by atoms with Crippen molar-refractivity contribution in [3.05, 3.63) is 35.2 Å². The number of hydrogen-bond acceptors (Lipinski definition) is 3. The normalized spacial score (nSPS) is 15.3. The van der Waals surface area contributed by atoms with E-state index in [1.807, 2.05) is 16.7 Å². The highest BCUT2D eigenvalue weighted by Gasteiger charge is 2.11. The molecule has 1 fully saturated rings. The molecule has 0 unspecified atom stereocenters. The zero-order valence-corrected chi connectivity index (χ0v) is 14.1. The Balaban J connectivity index is 1.38. The number of nitrogens with zero attached hydrogens (tertiary/aromatic N) is 3. The quantitative estimate of drug-likeness (QED) is 0.792. The van der Waals surface area contributed by atoms with E-state index in [9.17, 15) is 4.79 Å². The molecule has 1 saturated heterocycles. The number of likely N-dealkylation sites (tertiary alicyclic amines) is 1. The van der Waals surface area contributed by atoms with Gasteiger partial charge in [-0.3, -0.25) is 4.79 Å². The van der Waals surface area contributed by atoms with E-state index in [1.54, 1.807) is 12.3 Å². The van der Waals surface area contributed by atoms with Crippen LogP contribution >= 0.6 is 11.6 Å². The lowest BCUT2D eigenvalue weighted by molar-refractivity contribution is -0.120. The maximum Gasteiger partial charge on any atom is 0.226 e. The van der Waals surface area contributed by atoms with Gasteiger partial charge in [0, 0.05) is 18.9 Å². The second kappa shape index (κ2) is 7.79. The first-order chi connectivity index (χ1) is 11.2. The minimum absolute atomic E-state index is 0.0284. The summed E-state index contributed by atoms with van der Waals surface area (Å²) in [5.41, 5.74) is 1.57. The van der Waals surface area contributed by atoms with E-state index in [-0.39, 0.29) is 5.91 Å². The van der Waals surface area contributed by atoms with Gasteiger partial charge >= 0.3 is 0 Å². The number of rotatable bonds is 7. The molecule has 3 rings (SSSR count). The van der Waals surface area contributed by atoms with E-state index in [4.69, 9.17) is 11.6 Å². The summed E-state index contributed by atoms with van der Waals surface area (Å²) in [4.78, 5) is 18.9. The number of hydrogen-bond donors (Lipinski definition) is 1. The maximum absolute atomic E-state index is 12.0. The number of imidazole rings is 1. The van der Waals surface area contributed by atoms with Gasteiger partial charge in [-0.05, 0) is 57.5 Å². The molecule has 23 heavy (non-hydrogen) atoms. The predicted molar refractivity (Wildman–Crippen MR) is 91.8 cm³/mol. The van der Waals surface area contributed by atoms with Gasteiger partial charge in [0.15, 0.2) is 0 Å². The number of fused-ring (bicyclic) bond motifs is 1. The highest BCUT2D eigenvalue weighted by molar-refractivity contribution is 6.30. The number of unbranched alkanes of at least 4 members (excludes halogenated alkanes) is 1. The number of halogens is 1. The van der Waals surface area contributed by atoms with Crippen LogP contribution in [0.3, 0.4) is 0 Å². The maximum atomic E-state index is 12.0. The summed E-state index contributed by atoms with van der Waals surface area (Å²) in [7, 11) is 0. The van der Waals surface area contributed by atoms with Gasteiger partial charge in [-0.15, -0.1) is 0 Å². The van der Waals surface area contributed by atoms with Gasteiger partial charge in [0.2, 0.25) is 5.91 Å². The molecule has 0 saturated carbocycles. The fraction of sp³-hybridized carbons (Fsp3) is 0.529. The van der Waals surface area contributed by atoms with Gasteiger partial charge < -0.3 is 14.6 Å². The first-order valence-corrected chi connectivity index (χ1v) is 8.71. The van der Waals surface area contributed by atoms with Crippen LogP contribution in [0.25, 0.3) is 5.65 Å². The molecule has 124 valence electrons. The van der Waals surface area contributed by atoms with Crippen molar-refractivity contribution < 1.29 is 4.79 Å². The number of aromatic nitrogens is 2. The third kappa shape index (κ3) is 4.69. The van der Waals surface area contributed by atoms with Crippen LogP contribution in [0.4, 0.5) is 0 Å². The van der Waals surface area contributed by atoms with E-state index < -0.39 is 0 Å². The van der Waals surface area contributed by atoms with E-state index in [1.165, 1.54) is 25.9 Å². The summed E-state index contributed by atoms with van der Waals surface area (Å²) in [6.45, 7) is 4.38. The van der Waals surface area contributed by atoms with Crippen molar-refractivity contribution in [2.24, 2.45) is 0 Å². The van der Waals surface area contributed by atoms with Crippen LogP contribution in [0.15, 0.2) is 24.5 Å². The van der Waals surface area contributed by atoms with Crippen LogP contribution in [-0.4, -0.2) is 46.4 Å². The number of amides is 1. The number of carbonyl (C=O) groups is 1. The third-order valence-corrected chi connectivity index (χ3v) is 4.45. The molecular formula is C17H23ClN4O. The highest BCUT2D eigenvalue weighted by atomic mass is 35.5. The van der Waals surface area contributed by atoms with Crippen LogP contribution in [0.5, 0.6) is 0 Å². The van der Waals surface area contributed by atoms with Crippen LogP contribution in [-0.2, 0) is 11.2 Å². The van der Waals surface area contributed by atoms with Gasteiger partial charge in [-0.1, -0.05) is 11.6 Å². The zero-order valence-electron chi connectivity index (χ0n) is 13.3. The zero-order chi connectivity index (χ0) is 16.1. The van der Waals surface area contributed by atoms with Gasteiger partial charge in [-0.2, -0.15) is 0 Å². The largest absolute Gasteiger partial charge is 0.356 e. The summed E-state index contributed by atoms with van der Waals surface area (Å²) >= 11 is 5.95. The highest BCUT2D eigenvalue weighted by Crippen LogP contribution is 2.12. The smallest absolute Gasteiger partial charge is 0.226 e. The Morgan fingerprint density at radius 2 is 2.04 bits per heavy atom. The Labute approximate surface area is 141 Å². The Bertz CT molecular complexity index is 664. The summed E-state index contributed by atoms with van der Waals surface area (Å²) in [5, 5.41) is 3.64. The SMILES string of the molecule is O=C(Cc1cn2cc(Cl)ccc2n1)NCCCCN1CCCC1. The Kier molecular flexibility index (Phi) is 5.51. The average molecular weight is 335 g/mol. The van der Waals surface area contributed by atoms with Crippen molar-refractivity contribution in [3.63, 3.8) is 0 Å². The van der Waals surface area contributed by atoms with Crippen molar-refractivity contribution in [3.8, 4) is 0 Å². The van der Waals surface area contributed by atoms with Gasteiger partial charge in [-0.25, -0.2) is 4.98 Å². The molecule has 0 atom stereocenters. The second-order valence-electron chi connectivity index (χ2n) is 6.13. The average Bonchev–Trinajstić information content (AvgIpc) is 3.15. The fourth-order valence-corrected chi connectivity index (χ4v) is 3.19. The van der Waals surface area contributed by atoms with Crippen molar-refractivity contribution >= 4 is 23.2 Å². The summed E-state index contributed by atoms with van der Waals surface area (Å²) in [5.74, 6) is 0.0284. The Morgan fingerprint density at radius 3 is 2.87 bits per heavy atom. The number of pyridine rings is 1. The van der Waals surface area contributed by atoms with Crippen molar-refractivity contribution in [1.82, 2.24) is 19.6 Å². The van der Waals surface area contributed by atoms with Crippen molar-refractivity contribution in [2.45, 2.75) is 32.1 Å². The monoisotopic (exact) mass is 334 g/mol. The number of nitrogens with one attached hydrogen (secondary N) is 1. The second-order valence-corrected chi connectivity index (χ2v) is 6.56. The standard InChI is InChI=1S/C17H23ClN4O/c18-14-5-6-16-20-15(13-22(16)12-14)11-17(23)19-7-1-2-8-21-9-3-4-10-21/h5-6,12-13H,1-4,7-11H2,(H,19,23). The van der Waals surface area contributed by atoms with E-state index >= 15 is 0 Å². The molecule has 1 aliphatic rings. The van der Waals surface area contributed by atoms with Crippen LogP contribution in [0, 0.1) is 0 Å². The molecule has 0 aliphatic carbocycles. The molecule has 1 amide bonds. The molecule has 2 aromatic heterocycles. The van der Waals surface area contributed by atoms with Crippen LogP contribution in [0.1, 0.15) is 31.4 Å². The van der Waals surface area contributed by atoms with Crippen LogP contribution in [0.2, 0.25) is 5.02 Å². The Hall–Kier alpha value is -1.59. The third-order valence-electron chi connectivity index (χ3n) is 4.23. The van der Waals surface area contributed by atoms with Gasteiger partial charge in [0.25, 0.3) is 0 Å². The molecular weight excluding hydrogens is 312 g/mol. The fourth-order valence-electron chi connectivity index (χ4n) is 3.02. The number of carbonyl (C=O) groups excluding carboxylic acids is 1. The summed E-state index contributed by atoms with van der Waals surface area (Å²) in [6.07, 6.45) is 8.81. The molecule has 0 radical (unpaired) electrons. The molecule has 1 aliphatic heterocycles. The minimum atomic E-state index is 0.0284. The molecule has 5 nitrogen and oxygen atoms in total. The topological polar surface area (TPSA) is 49.6 Å². The summed E-state index contributed by atoms with van der Waals surface area (Å²) < 4.78 is 1.85. The van der Waals surface area contributed by atoms with Crippen LogP contribution < -0.4 is 5.32 Å². The molecule has 0 spiro atoms. The lowest BCUT2D eigenvalue weighted by atomic mass is 10.2. The lowest BCUT2D eigenvalue weighted by Gasteiger charge is -2.13. The van der Waals surface area contributed by atoms with Crippen molar-refractivity contribution in [1.29, 1.82) is 0 Å². The molecule has 6 heteroatoms. The summed E-state index contributed by atoms with van der Waals surface area (Å²) in [6, 6.07) is 3.65. The van der Waals surface area contributed by atoms with E-state index in [2.05, 4.69) is 15.2 Å². The first kappa shape index (κ1) is 16.3. The molecule has 2 aromatic rings. The molecule has 1 N–H and O–H groups in total. The Morgan fingerprint density at radius 1 is 1.22 bits per heavy atom. The molecule has 0 bridgehead atoms. The van der Waals surface area contributed by atoms with Gasteiger partial charge in [0.05, 0.1) is 17.1 Å². The molecule has 0 aromatic carbocycles. The van der Waals surface area contributed by atoms with E-state index in [0.717, 1.165) is 37.3 Å². The van der Waals surface area contributed by atoms with Crippen molar-refractivity contribution in [2.75, 3.05) is 26.2 Å². The minimum Gasteiger partial charge on any atom is -0.356 e. The predicted octanol–water partition coefficient (Wildman–Crippen LogP) is 2.52. The first-order valence-electron chi connectivity index (χ1n) is 8.33. The van der Waals surface area contributed by atoms with Gasteiger partial charge in [0.1, 0.15) is 5.65 Å². The molecule has 3 heterocycles. The van der Waals surface area contributed by atoms with E-state index in [0.29, 0.717) is 11.4 Å².